The first-order chi connectivity index (χ1) is 40.1. The Bertz CT molecular complexity index is 1560. The number of hydrogen-bond acceptors (Lipinski definition) is 13. The fourth-order valence-corrected chi connectivity index (χ4v) is 11.2. The Morgan fingerprint density at radius 2 is 0.841 bits per heavy atom. The summed E-state index contributed by atoms with van der Waals surface area (Å²) in [6, 6.07) is -0.827. The summed E-state index contributed by atoms with van der Waals surface area (Å²) >= 11 is 0. The highest BCUT2D eigenvalue weighted by atomic mass is 16.7. The average Bonchev–Trinajstić information content (AvgIpc) is 3.60. The first-order valence-corrected chi connectivity index (χ1v) is 33.9. The van der Waals surface area contributed by atoms with Gasteiger partial charge < -0.3 is 65.1 Å². The zero-order chi connectivity index (χ0) is 59.5. The number of rotatable bonds is 55. The Morgan fingerprint density at radius 3 is 1.29 bits per heavy atom. The van der Waals surface area contributed by atoms with Crippen LogP contribution in [0.25, 0.3) is 0 Å². The van der Waals surface area contributed by atoms with E-state index in [1.807, 2.05) is 0 Å². The molecule has 1 amide bonds. The molecule has 9 N–H and O–H groups in total. The predicted molar refractivity (Wildman–Crippen MR) is 332 cm³/mol. The molecule has 2 heterocycles. The van der Waals surface area contributed by atoms with E-state index in [9.17, 15) is 45.6 Å². The van der Waals surface area contributed by atoms with Gasteiger partial charge in [0.25, 0.3) is 0 Å². The Hall–Kier alpha value is -2.05. The second-order valence-corrected chi connectivity index (χ2v) is 23.9. The van der Waals surface area contributed by atoms with Gasteiger partial charge >= 0.3 is 0 Å². The van der Waals surface area contributed by atoms with Crippen molar-refractivity contribution >= 4 is 5.91 Å². The second-order valence-electron chi connectivity index (χ2n) is 23.9. The molecule has 2 fully saturated rings. The Labute approximate surface area is 499 Å². The van der Waals surface area contributed by atoms with Gasteiger partial charge in [0.05, 0.1) is 32.0 Å². The van der Waals surface area contributed by atoms with Gasteiger partial charge in [-0.25, -0.2) is 0 Å². The van der Waals surface area contributed by atoms with Gasteiger partial charge in [-0.3, -0.25) is 4.79 Å². The minimum atomic E-state index is -1.78. The number of carbonyl (C=O) groups is 1. The van der Waals surface area contributed by atoms with Crippen molar-refractivity contribution in [2.45, 2.75) is 357 Å². The number of ether oxygens (including phenoxy) is 4. The largest absolute Gasteiger partial charge is 0.394 e. The van der Waals surface area contributed by atoms with E-state index in [2.05, 4.69) is 67.8 Å². The zero-order valence-corrected chi connectivity index (χ0v) is 52.0. The standard InChI is InChI=1S/C68H125NO13/c1-3-5-7-9-11-13-15-17-19-20-21-22-23-24-25-26-27-28-29-30-31-32-33-34-35-36-38-40-42-44-46-48-50-52-60(73)69-56(57(72)51-49-47-45-43-41-39-37-18-16-14-12-10-8-6-4-2)55-79-67-65(78)63(76)66(59(54-71)81-67)82-68-64(77)62(75)61(74)58(53-70)80-68/h5,7,11,13,17,19,21-22,56-59,61-68,70-72,74-78H,3-4,6,8-10,12,14-16,18,20,23-55H2,1-2H3,(H,69,73)/b7-5-,13-11-,19-17-,22-21-. The predicted octanol–water partition coefficient (Wildman–Crippen LogP) is 13.1. The molecular weight excluding hydrogens is 1040 g/mol. The van der Waals surface area contributed by atoms with Crippen molar-refractivity contribution in [3.8, 4) is 0 Å². The normalized spacial score (nSPS) is 24.2. The third-order valence-electron chi connectivity index (χ3n) is 16.6. The van der Waals surface area contributed by atoms with Crippen LogP contribution in [-0.4, -0.2) is 140 Å². The van der Waals surface area contributed by atoms with Crippen LogP contribution in [0.3, 0.4) is 0 Å². The SMILES string of the molecule is CC/C=C\C/C=C\C/C=C\C/C=C\CCCCCCCCCCCCCCCCCCCCCCC(=O)NC(COC1OC(CO)C(OC2OC(CO)C(O)C(O)C2O)C(O)C1O)C(O)CCCCCCCCCCCCCCCCC. The third kappa shape index (κ3) is 37.5. The van der Waals surface area contributed by atoms with E-state index in [1.54, 1.807) is 0 Å². The van der Waals surface area contributed by atoms with E-state index in [0.717, 1.165) is 77.0 Å². The topological polar surface area (TPSA) is 228 Å². The Morgan fingerprint density at radius 1 is 0.451 bits per heavy atom. The zero-order valence-electron chi connectivity index (χ0n) is 52.0. The van der Waals surface area contributed by atoms with Crippen molar-refractivity contribution in [2.75, 3.05) is 19.8 Å². The summed E-state index contributed by atoms with van der Waals surface area (Å²) in [5.74, 6) is -0.203. The van der Waals surface area contributed by atoms with E-state index >= 15 is 0 Å². The lowest BCUT2D eigenvalue weighted by molar-refractivity contribution is -0.359. The minimum Gasteiger partial charge on any atom is -0.394 e. The molecule has 2 rings (SSSR count). The van der Waals surface area contributed by atoms with Crippen LogP contribution in [0, 0.1) is 0 Å². The Balaban J connectivity index is 1.62. The molecule has 0 aromatic heterocycles. The molecule has 2 saturated heterocycles. The van der Waals surface area contributed by atoms with Gasteiger partial charge in [-0.05, 0) is 51.4 Å². The summed E-state index contributed by atoms with van der Waals surface area (Å²) in [6.07, 6.45) is 51.3. The van der Waals surface area contributed by atoms with Crippen LogP contribution >= 0.6 is 0 Å². The van der Waals surface area contributed by atoms with E-state index in [1.165, 1.54) is 180 Å². The number of hydrogen-bond donors (Lipinski definition) is 9. The van der Waals surface area contributed by atoms with Gasteiger partial charge in [-0.15, -0.1) is 0 Å². The molecule has 14 nitrogen and oxygen atoms in total. The lowest BCUT2D eigenvalue weighted by atomic mass is 9.97. The summed E-state index contributed by atoms with van der Waals surface area (Å²) in [4.78, 5) is 13.3. The molecule has 0 aliphatic carbocycles. The molecule has 0 spiro atoms. The number of allylic oxidation sites excluding steroid dienone is 8. The number of carbonyl (C=O) groups excluding carboxylic acids is 1. The Kier molecular flexibility index (Phi) is 49.3. The number of aliphatic hydroxyl groups excluding tert-OH is 8. The molecule has 82 heavy (non-hydrogen) atoms. The maximum Gasteiger partial charge on any atom is 0.220 e. The van der Waals surface area contributed by atoms with E-state index in [-0.39, 0.29) is 12.5 Å². The van der Waals surface area contributed by atoms with Gasteiger partial charge in [0.1, 0.15) is 48.8 Å². The molecule has 0 aromatic rings. The van der Waals surface area contributed by atoms with Crippen molar-refractivity contribution < 1.29 is 64.6 Å². The molecule has 0 aromatic carbocycles. The van der Waals surface area contributed by atoms with E-state index < -0.39 is 86.8 Å². The molecule has 14 heteroatoms. The molecular formula is C68H125NO13. The minimum absolute atomic E-state index is 0.203. The molecule has 2 aliphatic rings. The first kappa shape index (κ1) is 76.0. The van der Waals surface area contributed by atoms with E-state index in [4.69, 9.17) is 18.9 Å². The quantitative estimate of drug-likeness (QED) is 0.0204. The highest BCUT2D eigenvalue weighted by Crippen LogP contribution is 2.30. The number of unbranched alkanes of at least 4 members (excludes halogenated alkanes) is 34. The van der Waals surface area contributed by atoms with Crippen LogP contribution in [-0.2, 0) is 23.7 Å². The van der Waals surface area contributed by atoms with Gasteiger partial charge in [0.2, 0.25) is 5.91 Å². The molecule has 0 bridgehead atoms. The highest BCUT2D eigenvalue weighted by Gasteiger charge is 2.51. The molecule has 12 unspecified atom stereocenters. The lowest BCUT2D eigenvalue weighted by Crippen LogP contribution is -2.65. The summed E-state index contributed by atoms with van der Waals surface area (Å²) in [5, 5.41) is 87.4. The van der Waals surface area contributed by atoms with Crippen LogP contribution in [0.4, 0.5) is 0 Å². The van der Waals surface area contributed by atoms with Gasteiger partial charge in [-0.1, -0.05) is 274 Å². The second kappa shape index (κ2) is 53.2. The van der Waals surface area contributed by atoms with Crippen molar-refractivity contribution in [3.05, 3.63) is 48.6 Å². The van der Waals surface area contributed by atoms with Gasteiger partial charge in [0.15, 0.2) is 12.6 Å². The summed E-state index contributed by atoms with van der Waals surface area (Å²) in [7, 11) is 0. The van der Waals surface area contributed by atoms with Crippen LogP contribution in [0.15, 0.2) is 48.6 Å². The molecule has 2 aliphatic heterocycles. The number of amides is 1. The number of aliphatic hydroxyl groups is 8. The van der Waals surface area contributed by atoms with Crippen LogP contribution in [0.2, 0.25) is 0 Å². The lowest BCUT2D eigenvalue weighted by Gasteiger charge is -2.46. The first-order valence-electron chi connectivity index (χ1n) is 33.9. The van der Waals surface area contributed by atoms with Gasteiger partial charge in [-0.2, -0.15) is 0 Å². The van der Waals surface area contributed by atoms with Crippen molar-refractivity contribution in [3.63, 3.8) is 0 Å². The maximum atomic E-state index is 13.3. The third-order valence-corrected chi connectivity index (χ3v) is 16.6. The summed E-state index contributed by atoms with van der Waals surface area (Å²) in [6.45, 7) is 2.77. The number of nitrogens with one attached hydrogen (secondary N) is 1. The van der Waals surface area contributed by atoms with Gasteiger partial charge in [0, 0.05) is 6.42 Å². The monoisotopic (exact) mass is 1160 g/mol. The molecule has 480 valence electrons. The van der Waals surface area contributed by atoms with Crippen LogP contribution < -0.4 is 5.32 Å². The maximum absolute atomic E-state index is 13.3. The molecule has 12 atom stereocenters. The van der Waals surface area contributed by atoms with Crippen molar-refractivity contribution in [2.24, 2.45) is 0 Å². The van der Waals surface area contributed by atoms with Crippen molar-refractivity contribution in [1.82, 2.24) is 5.32 Å². The summed E-state index contributed by atoms with van der Waals surface area (Å²) in [5.41, 5.74) is 0. The van der Waals surface area contributed by atoms with Crippen molar-refractivity contribution in [1.29, 1.82) is 0 Å². The highest BCUT2D eigenvalue weighted by molar-refractivity contribution is 5.76. The molecule has 0 radical (unpaired) electrons. The summed E-state index contributed by atoms with van der Waals surface area (Å²) < 4.78 is 22.9. The fraction of sp³-hybridized carbons (Fsp3) is 0.868. The van der Waals surface area contributed by atoms with Crippen LogP contribution in [0.5, 0.6) is 0 Å². The average molecular weight is 1160 g/mol. The fourth-order valence-electron chi connectivity index (χ4n) is 11.2. The molecule has 0 saturated carbocycles. The smallest absolute Gasteiger partial charge is 0.220 e. The van der Waals surface area contributed by atoms with Crippen LogP contribution in [0.1, 0.15) is 284 Å². The van der Waals surface area contributed by atoms with E-state index in [0.29, 0.717) is 12.8 Å².